The topological polar surface area (TPSA) is 126 Å². The number of anilines is 1. The summed E-state index contributed by atoms with van der Waals surface area (Å²) in [7, 11) is 0. The molecular formula is C25H25N5O4. The Balaban J connectivity index is 1.41. The van der Waals surface area contributed by atoms with E-state index in [1.54, 1.807) is 18.5 Å². The summed E-state index contributed by atoms with van der Waals surface area (Å²) >= 11 is 0. The Labute approximate surface area is 196 Å². The Kier molecular flexibility index (Phi) is 6.82. The molecule has 1 heterocycles. The molecule has 9 heteroatoms. The van der Waals surface area contributed by atoms with Crippen LogP contribution in [0.2, 0.25) is 0 Å². The third kappa shape index (κ3) is 5.74. The van der Waals surface area contributed by atoms with Gasteiger partial charge in [-0.25, -0.2) is 4.79 Å². The molecule has 0 unspecified atom stereocenters. The van der Waals surface area contributed by atoms with Gasteiger partial charge >= 0.3 is 6.03 Å². The van der Waals surface area contributed by atoms with Crippen molar-refractivity contribution in [2.75, 3.05) is 11.9 Å². The van der Waals surface area contributed by atoms with Crippen LogP contribution in [0.5, 0.6) is 0 Å². The van der Waals surface area contributed by atoms with E-state index in [0.717, 1.165) is 18.4 Å². The molecular weight excluding hydrogens is 434 g/mol. The molecule has 34 heavy (non-hydrogen) atoms. The van der Waals surface area contributed by atoms with Gasteiger partial charge in [0.25, 0.3) is 5.69 Å². The van der Waals surface area contributed by atoms with Gasteiger partial charge in [-0.3, -0.25) is 19.9 Å². The predicted molar refractivity (Wildman–Crippen MR) is 127 cm³/mol. The van der Waals surface area contributed by atoms with E-state index in [1.165, 1.54) is 29.8 Å². The maximum absolute atomic E-state index is 13.1. The second-order valence-corrected chi connectivity index (χ2v) is 8.38. The third-order valence-corrected chi connectivity index (χ3v) is 5.96. The highest BCUT2D eigenvalue weighted by molar-refractivity contribution is 5.94. The number of rotatable bonds is 9. The number of pyridine rings is 1. The lowest BCUT2D eigenvalue weighted by atomic mass is 9.96. The van der Waals surface area contributed by atoms with Gasteiger partial charge in [-0.1, -0.05) is 36.4 Å². The molecule has 0 bridgehead atoms. The number of amides is 3. The molecule has 4 rings (SSSR count). The average molecular weight is 460 g/mol. The Hall–Kier alpha value is -4.27. The number of nitro benzene ring substituents is 1. The Morgan fingerprint density at radius 2 is 1.76 bits per heavy atom. The van der Waals surface area contributed by atoms with Crippen molar-refractivity contribution < 1.29 is 14.5 Å². The summed E-state index contributed by atoms with van der Waals surface area (Å²) in [5, 5.41) is 19.2. The molecule has 3 aromatic rings. The van der Waals surface area contributed by atoms with Gasteiger partial charge < -0.3 is 16.0 Å². The van der Waals surface area contributed by atoms with E-state index in [1.807, 2.05) is 24.3 Å². The number of non-ortho nitro benzene ring substituents is 1. The first-order chi connectivity index (χ1) is 16.4. The molecule has 0 spiro atoms. The maximum Gasteiger partial charge on any atom is 0.319 e. The lowest BCUT2D eigenvalue weighted by Gasteiger charge is -2.22. The second-order valence-electron chi connectivity index (χ2n) is 8.38. The van der Waals surface area contributed by atoms with Gasteiger partial charge in [-0.15, -0.1) is 0 Å². The first-order valence-corrected chi connectivity index (χ1v) is 11.0. The van der Waals surface area contributed by atoms with Crippen molar-refractivity contribution in [2.45, 2.75) is 30.7 Å². The summed E-state index contributed by atoms with van der Waals surface area (Å²) in [4.78, 5) is 40.1. The van der Waals surface area contributed by atoms with Crippen LogP contribution in [0, 0.1) is 10.1 Å². The molecule has 9 nitrogen and oxygen atoms in total. The summed E-state index contributed by atoms with van der Waals surface area (Å²) in [6, 6.07) is 17.8. The number of carbonyl (C=O) groups is 2. The van der Waals surface area contributed by atoms with E-state index < -0.39 is 17.0 Å². The number of nitrogens with zero attached hydrogens (tertiary/aromatic N) is 2. The molecule has 0 aliphatic heterocycles. The molecule has 1 aliphatic rings. The summed E-state index contributed by atoms with van der Waals surface area (Å²) in [6.07, 6.45) is 5.56. The van der Waals surface area contributed by atoms with Crippen LogP contribution in [0.25, 0.3) is 0 Å². The number of carbonyl (C=O) groups excluding carboxylic acids is 2. The minimum Gasteiger partial charge on any atom is -0.353 e. The number of benzene rings is 2. The first-order valence-electron chi connectivity index (χ1n) is 11.0. The smallest absolute Gasteiger partial charge is 0.319 e. The highest BCUT2D eigenvalue weighted by Gasteiger charge is 2.44. The molecule has 1 aromatic heterocycles. The minimum absolute atomic E-state index is 0.0587. The second kappa shape index (κ2) is 10.1. The number of urea groups is 1. The van der Waals surface area contributed by atoms with Crippen molar-refractivity contribution in [3.05, 3.63) is 100 Å². The van der Waals surface area contributed by atoms with Gasteiger partial charge in [0.1, 0.15) is 6.04 Å². The SMILES string of the molecule is O=C(Nc1ccc([N+](=O)[O-])cc1)N[C@@H](Cc1cccnc1)C(=O)NCC1(c2ccccc2)CC1. The van der Waals surface area contributed by atoms with Crippen molar-refractivity contribution in [1.29, 1.82) is 0 Å². The van der Waals surface area contributed by atoms with E-state index in [4.69, 9.17) is 0 Å². The van der Waals surface area contributed by atoms with Crippen LogP contribution in [0.1, 0.15) is 24.0 Å². The van der Waals surface area contributed by atoms with E-state index in [-0.39, 0.29) is 23.4 Å². The van der Waals surface area contributed by atoms with Crippen LogP contribution in [0.4, 0.5) is 16.2 Å². The molecule has 1 aliphatic carbocycles. The van der Waals surface area contributed by atoms with Crippen LogP contribution in [-0.2, 0) is 16.6 Å². The van der Waals surface area contributed by atoms with Crippen LogP contribution in [0.15, 0.2) is 79.1 Å². The summed E-state index contributed by atoms with van der Waals surface area (Å²) in [6.45, 7) is 0.491. The van der Waals surface area contributed by atoms with E-state index in [2.05, 4.69) is 33.1 Å². The van der Waals surface area contributed by atoms with E-state index >= 15 is 0 Å². The van der Waals surface area contributed by atoms with Gasteiger partial charge in [0.05, 0.1) is 4.92 Å². The molecule has 3 amide bonds. The highest BCUT2D eigenvalue weighted by atomic mass is 16.6. The number of nitro groups is 1. The fourth-order valence-electron chi connectivity index (χ4n) is 3.85. The fraction of sp³-hybridized carbons (Fsp3) is 0.240. The van der Waals surface area contributed by atoms with Crippen LogP contribution in [0.3, 0.4) is 0 Å². The first kappa shape index (κ1) is 22.9. The lowest BCUT2D eigenvalue weighted by molar-refractivity contribution is -0.384. The Bertz CT molecular complexity index is 1150. The lowest BCUT2D eigenvalue weighted by Crippen LogP contribution is -2.50. The largest absolute Gasteiger partial charge is 0.353 e. The molecule has 2 aromatic carbocycles. The van der Waals surface area contributed by atoms with Crippen molar-refractivity contribution >= 4 is 23.3 Å². The number of nitrogens with one attached hydrogen (secondary N) is 3. The van der Waals surface area contributed by atoms with Crippen LogP contribution >= 0.6 is 0 Å². The summed E-state index contributed by atoms with van der Waals surface area (Å²) in [5.41, 5.74) is 2.25. The Morgan fingerprint density at radius 1 is 1.03 bits per heavy atom. The van der Waals surface area contributed by atoms with E-state index in [0.29, 0.717) is 12.2 Å². The molecule has 0 radical (unpaired) electrons. The van der Waals surface area contributed by atoms with Crippen LogP contribution < -0.4 is 16.0 Å². The fourth-order valence-corrected chi connectivity index (χ4v) is 3.85. The normalized spacial score (nSPS) is 14.5. The summed E-state index contributed by atoms with van der Waals surface area (Å²) < 4.78 is 0. The molecule has 1 saturated carbocycles. The van der Waals surface area contributed by atoms with E-state index in [9.17, 15) is 19.7 Å². The molecule has 3 N–H and O–H groups in total. The van der Waals surface area contributed by atoms with Crippen molar-refractivity contribution in [2.24, 2.45) is 0 Å². The van der Waals surface area contributed by atoms with Gasteiger partial charge in [0, 0.05) is 48.6 Å². The zero-order valence-corrected chi connectivity index (χ0v) is 18.4. The summed E-state index contributed by atoms with van der Waals surface area (Å²) in [5.74, 6) is -0.287. The molecule has 174 valence electrons. The quantitative estimate of drug-likeness (QED) is 0.333. The van der Waals surface area contributed by atoms with Gasteiger partial charge in [0.2, 0.25) is 5.91 Å². The molecule has 1 atom stereocenters. The number of hydrogen-bond acceptors (Lipinski definition) is 5. The maximum atomic E-state index is 13.1. The van der Waals surface area contributed by atoms with Crippen molar-refractivity contribution in [1.82, 2.24) is 15.6 Å². The average Bonchev–Trinajstić information content (AvgIpc) is 3.65. The van der Waals surface area contributed by atoms with Crippen LogP contribution in [-0.4, -0.2) is 34.4 Å². The Morgan fingerprint density at radius 3 is 2.38 bits per heavy atom. The highest BCUT2D eigenvalue weighted by Crippen LogP contribution is 2.47. The zero-order valence-electron chi connectivity index (χ0n) is 18.4. The third-order valence-electron chi connectivity index (χ3n) is 5.96. The molecule has 1 fully saturated rings. The van der Waals surface area contributed by atoms with Crippen molar-refractivity contribution in [3.63, 3.8) is 0 Å². The van der Waals surface area contributed by atoms with Crippen molar-refractivity contribution in [3.8, 4) is 0 Å². The standard InChI is InChI=1S/C25H25N5O4/c31-23(27-17-25(12-13-25)19-6-2-1-3-7-19)22(15-18-5-4-14-26-16-18)29-24(32)28-20-8-10-21(11-9-20)30(33)34/h1-11,14,16,22H,12-13,15,17H2,(H,27,31)(H2,28,29,32)/t22-/m0/s1. The minimum atomic E-state index is -0.825. The monoisotopic (exact) mass is 459 g/mol. The predicted octanol–water partition coefficient (Wildman–Crippen LogP) is 3.57. The number of hydrogen-bond donors (Lipinski definition) is 3. The zero-order chi connectivity index (χ0) is 24.0. The van der Waals surface area contributed by atoms with Gasteiger partial charge in [0.15, 0.2) is 0 Å². The van der Waals surface area contributed by atoms with Gasteiger partial charge in [-0.2, -0.15) is 0 Å². The number of aromatic nitrogens is 1. The van der Waals surface area contributed by atoms with Gasteiger partial charge in [-0.05, 0) is 42.2 Å². The molecule has 0 saturated heterocycles.